The number of nitrogens with two attached hydrogens (primary N) is 1. The van der Waals surface area contributed by atoms with Crippen LogP contribution in [-0.4, -0.2) is 22.4 Å². The van der Waals surface area contributed by atoms with Gasteiger partial charge < -0.3 is 5.73 Å². The second-order valence-corrected chi connectivity index (χ2v) is 4.79. The fourth-order valence-corrected chi connectivity index (χ4v) is 2.99. The van der Waals surface area contributed by atoms with Gasteiger partial charge in [-0.25, -0.2) is 0 Å². The lowest BCUT2D eigenvalue weighted by Gasteiger charge is -2.29. The van der Waals surface area contributed by atoms with Crippen molar-refractivity contribution < 1.29 is 4.76 Å². The molecule has 0 aromatic heterocycles. The average Bonchev–Trinajstić information content (AvgIpc) is 2.35. The van der Waals surface area contributed by atoms with Gasteiger partial charge in [-0.15, -0.1) is 0 Å². The summed E-state index contributed by atoms with van der Waals surface area (Å²) in [4.78, 5) is 11.9. The highest BCUT2D eigenvalue weighted by Crippen LogP contribution is 2.40. The van der Waals surface area contributed by atoms with Gasteiger partial charge >= 0.3 is 0 Å². The standard InChI is InChI=1S/C10H19N2O/c1-8-4-6-10(12(8)13)5-2-3-9(11)7-10/h8-9H,2-7,11H2,1H3/q+1/t8?,9?,10-/m0/s1. The third-order valence-corrected chi connectivity index (χ3v) is 3.75. The van der Waals surface area contributed by atoms with Gasteiger partial charge in [0.1, 0.15) is 0 Å². The lowest BCUT2D eigenvalue weighted by Crippen LogP contribution is -2.46. The largest absolute Gasteiger partial charge is 0.327 e. The molecule has 1 spiro atoms. The van der Waals surface area contributed by atoms with E-state index in [4.69, 9.17) is 5.73 Å². The first-order chi connectivity index (χ1) is 6.14. The number of nitrogens with zero attached hydrogens (tertiary/aromatic N) is 1. The summed E-state index contributed by atoms with van der Waals surface area (Å²) >= 11 is 0. The zero-order valence-corrected chi connectivity index (χ0v) is 8.33. The molecule has 13 heavy (non-hydrogen) atoms. The molecule has 2 unspecified atom stereocenters. The Balaban J connectivity index is 2.15. The summed E-state index contributed by atoms with van der Waals surface area (Å²) in [6.07, 6.45) is 6.33. The van der Waals surface area contributed by atoms with Crippen LogP contribution in [0.25, 0.3) is 0 Å². The first-order valence-electron chi connectivity index (χ1n) is 5.36. The summed E-state index contributed by atoms with van der Waals surface area (Å²) in [6.45, 7) is 2.03. The molecule has 3 nitrogen and oxygen atoms in total. The van der Waals surface area contributed by atoms with E-state index in [2.05, 4.69) is 0 Å². The predicted octanol–water partition coefficient (Wildman–Crippen LogP) is 1.59. The van der Waals surface area contributed by atoms with E-state index in [1.807, 2.05) is 6.92 Å². The van der Waals surface area contributed by atoms with Crippen molar-refractivity contribution in [1.29, 1.82) is 0 Å². The van der Waals surface area contributed by atoms with Crippen LogP contribution in [0.15, 0.2) is 0 Å². The SMILES string of the molecule is CC1CC[C@]2(CCCC(N)C2)[N+]1=O. The molecule has 0 radical (unpaired) electrons. The minimum absolute atomic E-state index is 0.0723. The molecule has 3 heteroatoms. The zero-order valence-electron chi connectivity index (χ0n) is 8.33. The molecule has 0 aromatic rings. The summed E-state index contributed by atoms with van der Waals surface area (Å²) in [5, 5.41) is 0. The Morgan fingerprint density at radius 3 is 2.69 bits per heavy atom. The zero-order chi connectivity index (χ0) is 9.47. The van der Waals surface area contributed by atoms with Crippen molar-refractivity contribution in [3.8, 4) is 0 Å². The molecular weight excluding hydrogens is 164 g/mol. The first kappa shape index (κ1) is 9.13. The lowest BCUT2D eigenvalue weighted by atomic mass is 9.78. The topological polar surface area (TPSA) is 46.1 Å². The molecule has 1 aliphatic carbocycles. The Labute approximate surface area is 79.3 Å². The molecular formula is C10H19N2O+. The summed E-state index contributed by atoms with van der Waals surface area (Å²) in [6, 6.07) is 0.473. The van der Waals surface area contributed by atoms with Gasteiger partial charge in [0.05, 0.1) is 0 Å². The smallest absolute Gasteiger partial charge is 0.212 e. The third kappa shape index (κ3) is 1.39. The highest BCUT2D eigenvalue weighted by molar-refractivity contribution is 4.92. The first-order valence-corrected chi connectivity index (χ1v) is 5.36. The average molecular weight is 183 g/mol. The van der Waals surface area contributed by atoms with Crippen molar-refractivity contribution >= 4 is 0 Å². The molecule has 0 amide bonds. The van der Waals surface area contributed by atoms with Crippen LogP contribution in [0.1, 0.15) is 45.4 Å². The molecule has 1 saturated carbocycles. The van der Waals surface area contributed by atoms with Gasteiger partial charge in [-0.2, -0.15) is 0 Å². The van der Waals surface area contributed by atoms with E-state index in [0.717, 1.165) is 38.5 Å². The molecule has 1 heterocycles. The van der Waals surface area contributed by atoms with Gasteiger partial charge in [-0.1, -0.05) is 0 Å². The molecule has 2 rings (SSSR count). The Morgan fingerprint density at radius 2 is 2.15 bits per heavy atom. The molecule has 2 fully saturated rings. The van der Waals surface area contributed by atoms with Crippen molar-refractivity contribution in [2.45, 2.75) is 63.1 Å². The molecule has 74 valence electrons. The Morgan fingerprint density at radius 1 is 1.38 bits per heavy atom. The van der Waals surface area contributed by atoms with Crippen molar-refractivity contribution in [1.82, 2.24) is 0 Å². The predicted molar refractivity (Wildman–Crippen MR) is 51.5 cm³/mol. The van der Waals surface area contributed by atoms with E-state index < -0.39 is 0 Å². The van der Waals surface area contributed by atoms with Crippen LogP contribution in [0.3, 0.4) is 0 Å². The van der Waals surface area contributed by atoms with E-state index >= 15 is 0 Å². The van der Waals surface area contributed by atoms with Gasteiger partial charge in [0, 0.05) is 48.3 Å². The highest BCUT2D eigenvalue weighted by Gasteiger charge is 2.55. The minimum Gasteiger partial charge on any atom is -0.327 e. The number of nitroso groups, excluding NO2 is 1. The molecule has 3 atom stereocenters. The molecule has 0 bridgehead atoms. The van der Waals surface area contributed by atoms with Crippen LogP contribution in [0, 0.1) is 4.91 Å². The van der Waals surface area contributed by atoms with Crippen LogP contribution in [0.5, 0.6) is 0 Å². The van der Waals surface area contributed by atoms with Gasteiger partial charge in [0.15, 0.2) is 6.04 Å². The summed E-state index contributed by atoms with van der Waals surface area (Å²) < 4.78 is 1.34. The second-order valence-electron chi connectivity index (χ2n) is 4.79. The summed E-state index contributed by atoms with van der Waals surface area (Å²) in [5.74, 6) is 0. The minimum atomic E-state index is -0.0723. The van der Waals surface area contributed by atoms with Gasteiger partial charge in [0.25, 0.3) is 0 Å². The maximum absolute atomic E-state index is 11.9. The van der Waals surface area contributed by atoms with Crippen molar-refractivity contribution in [3.05, 3.63) is 4.91 Å². The van der Waals surface area contributed by atoms with Crippen LogP contribution in [0.2, 0.25) is 0 Å². The molecule has 2 aliphatic rings. The van der Waals surface area contributed by atoms with Crippen LogP contribution >= 0.6 is 0 Å². The summed E-state index contributed by atoms with van der Waals surface area (Å²) in [7, 11) is 0. The maximum Gasteiger partial charge on any atom is 0.212 e. The molecule has 1 aliphatic heterocycles. The van der Waals surface area contributed by atoms with E-state index in [9.17, 15) is 4.91 Å². The lowest BCUT2D eigenvalue weighted by molar-refractivity contribution is -0.637. The van der Waals surface area contributed by atoms with Gasteiger partial charge in [-0.3, -0.25) is 0 Å². The highest BCUT2D eigenvalue weighted by atomic mass is 16.3. The maximum atomic E-state index is 11.9. The van der Waals surface area contributed by atoms with Crippen LogP contribution in [-0.2, 0) is 0 Å². The summed E-state index contributed by atoms with van der Waals surface area (Å²) in [5.41, 5.74) is 5.86. The number of rotatable bonds is 0. The fraction of sp³-hybridized carbons (Fsp3) is 1.00. The Hall–Kier alpha value is -0.440. The molecule has 1 saturated heterocycles. The normalized spacial score (nSPS) is 45.8. The Bertz CT molecular complexity index is 225. The third-order valence-electron chi connectivity index (χ3n) is 3.75. The van der Waals surface area contributed by atoms with Gasteiger partial charge in [-0.05, 0) is 12.8 Å². The van der Waals surface area contributed by atoms with Crippen molar-refractivity contribution in [2.75, 3.05) is 0 Å². The second kappa shape index (κ2) is 3.05. The van der Waals surface area contributed by atoms with E-state index in [1.54, 1.807) is 0 Å². The quantitative estimate of drug-likeness (QED) is 0.580. The van der Waals surface area contributed by atoms with Gasteiger partial charge in [0.2, 0.25) is 5.54 Å². The monoisotopic (exact) mass is 183 g/mol. The van der Waals surface area contributed by atoms with Crippen molar-refractivity contribution in [2.24, 2.45) is 5.73 Å². The van der Waals surface area contributed by atoms with E-state index in [0.29, 0.717) is 0 Å². The van der Waals surface area contributed by atoms with Crippen LogP contribution < -0.4 is 5.73 Å². The Kier molecular flexibility index (Phi) is 2.14. The van der Waals surface area contributed by atoms with E-state index in [1.165, 1.54) is 4.76 Å². The van der Waals surface area contributed by atoms with Crippen molar-refractivity contribution in [3.63, 3.8) is 0 Å². The number of hydrogen-bond donors (Lipinski definition) is 1. The van der Waals surface area contributed by atoms with E-state index in [-0.39, 0.29) is 17.6 Å². The fourth-order valence-electron chi connectivity index (χ4n) is 2.99. The van der Waals surface area contributed by atoms with Crippen LogP contribution in [0.4, 0.5) is 0 Å². The molecule has 2 N–H and O–H groups in total. The number of hydrogen-bond acceptors (Lipinski definition) is 2. The molecule has 0 aromatic carbocycles.